The van der Waals surface area contributed by atoms with Gasteiger partial charge in [0, 0.05) is 25.6 Å². The molecule has 1 unspecified atom stereocenters. The molecule has 2 heterocycles. The van der Waals surface area contributed by atoms with E-state index < -0.39 is 0 Å². The van der Waals surface area contributed by atoms with E-state index >= 15 is 0 Å². The van der Waals surface area contributed by atoms with E-state index in [1.807, 2.05) is 11.6 Å². The standard InChI is InChI=1S/C14H23N5O2/c1-2-12-16-13-11(4-3-7-19(13)17-12)15-14(21)18(8-9-20)10-5-6-10/h10-11,20H,2-9H2,1H3,(H,15,21). The van der Waals surface area contributed by atoms with Gasteiger partial charge in [0.25, 0.3) is 0 Å². The van der Waals surface area contributed by atoms with Gasteiger partial charge in [-0.25, -0.2) is 14.5 Å². The van der Waals surface area contributed by atoms with Crippen LogP contribution < -0.4 is 5.32 Å². The Morgan fingerprint density at radius 3 is 2.95 bits per heavy atom. The lowest BCUT2D eigenvalue weighted by Gasteiger charge is -2.27. The number of rotatable bonds is 5. The van der Waals surface area contributed by atoms with Crippen LogP contribution in [0.2, 0.25) is 0 Å². The van der Waals surface area contributed by atoms with Crippen LogP contribution in [0.15, 0.2) is 0 Å². The largest absolute Gasteiger partial charge is 0.395 e. The van der Waals surface area contributed by atoms with Gasteiger partial charge in [0.15, 0.2) is 5.82 Å². The highest BCUT2D eigenvalue weighted by atomic mass is 16.3. The van der Waals surface area contributed by atoms with Crippen molar-refractivity contribution in [2.24, 2.45) is 0 Å². The zero-order valence-electron chi connectivity index (χ0n) is 12.5. The van der Waals surface area contributed by atoms with Gasteiger partial charge in [-0.1, -0.05) is 6.92 Å². The van der Waals surface area contributed by atoms with Crippen LogP contribution in [0.25, 0.3) is 0 Å². The second-order valence-electron chi connectivity index (χ2n) is 5.76. The lowest BCUT2D eigenvalue weighted by Crippen LogP contribution is -2.45. The Hall–Kier alpha value is -1.63. The molecule has 1 fully saturated rings. The predicted octanol–water partition coefficient (Wildman–Crippen LogP) is 0.842. The molecule has 1 atom stereocenters. The Kier molecular flexibility index (Phi) is 4.10. The van der Waals surface area contributed by atoms with Gasteiger partial charge >= 0.3 is 6.03 Å². The molecule has 2 N–H and O–H groups in total. The highest BCUT2D eigenvalue weighted by molar-refractivity contribution is 5.75. The van der Waals surface area contributed by atoms with Crippen LogP contribution in [0, 0.1) is 0 Å². The van der Waals surface area contributed by atoms with Crippen LogP contribution in [-0.4, -0.2) is 50.0 Å². The molecular weight excluding hydrogens is 270 g/mol. The fourth-order valence-electron chi connectivity index (χ4n) is 2.86. The minimum atomic E-state index is -0.0916. The Morgan fingerprint density at radius 2 is 2.29 bits per heavy atom. The van der Waals surface area contributed by atoms with Gasteiger partial charge in [-0.05, 0) is 25.7 Å². The molecule has 1 saturated carbocycles. The van der Waals surface area contributed by atoms with E-state index in [4.69, 9.17) is 5.11 Å². The quantitative estimate of drug-likeness (QED) is 0.843. The summed E-state index contributed by atoms with van der Waals surface area (Å²) in [6.45, 7) is 3.31. The summed E-state index contributed by atoms with van der Waals surface area (Å²) in [6.07, 6.45) is 4.76. The van der Waals surface area contributed by atoms with Crippen LogP contribution in [-0.2, 0) is 13.0 Å². The van der Waals surface area contributed by atoms with E-state index in [0.717, 1.165) is 50.3 Å². The Balaban J connectivity index is 1.70. The van der Waals surface area contributed by atoms with Gasteiger partial charge in [-0.3, -0.25) is 0 Å². The SMILES string of the molecule is CCc1nc2n(n1)CCCC2NC(=O)N(CCO)C1CC1. The number of nitrogens with one attached hydrogen (secondary N) is 1. The molecule has 3 rings (SSSR count). The number of urea groups is 1. The topological polar surface area (TPSA) is 83.3 Å². The van der Waals surface area contributed by atoms with Crippen molar-refractivity contribution >= 4 is 6.03 Å². The second-order valence-corrected chi connectivity index (χ2v) is 5.76. The summed E-state index contributed by atoms with van der Waals surface area (Å²) in [6, 6.07) is 0.134. The third kappa shape index (κ3) is 3.02. The highest BCUT2D eigenvalue weighted by Gasteiger charge is 2.34. The first-order valence-electron chi connectivity index (χ1n) is 7.84. The Bertz CT molecular complexity index is 511. The van der Waals surface area contributed by atoms with Crippen LogP contribution in [0.4, 0.5) is 4.79 Å². The molecule has 7 heteroatoms. The number of aliphatic hydroxyl groups is 1. The van der Waals surface area contributed by atoms with Crippen LogP contribution in [0.5, 0.6) is 0 Å². The minimum absolute atomic E-state index is 0.00471. The number of carbonyl (C=O) groups excluding carboxylic acids is 1. The molecule has 0 bridgehead atoms. The summed E-state index contributed by atoms with van der Waals surface area (Å²) in [5, 5.41) is 16.6. The summed E-state index contributed by atoms with van der Waals surface area (Å²) in [7, 11) is 0. The van der Waals surface area contributed by atoms with Crippen molar-refractivity contribution in [3.05, 3.63) is 11.6 Å². The maximum atomic E-state index is 12.4. The van der Waals surface area contributed by atoms with Gasteiger partial charge in [-0.15, -0.1) is 0 Å². The Labute approximate surface area is 124 Å². The number of amides is 2. The summed E-state index contributed by atoms with van der Waals surface area (Å²) < 4.78 is 1.92. The average Bonchev–Trinajstić information content (AvgIpc) is 3.22. The number of aryl methyl sites for hydroxylation is 2. The molecule has 1 aromatic heterocycles. The zero-order chi connectivity index (χ0) is 14.8. The van der Waals surface area contributed by atoms with E-state index in [2.05, 4.69) is 15.4 Å². The van der Waals surface area contributed by atoms with E-state index in [1.54, 1.807) is 4.90 Å². The van der Waals surface area contributed by atoms with Crippen molar-refractivity contribution in [2.75, 3.05) is 13.2 Å². The zero-order valence-corrected chi connectivity index (χ0v) is 12.5. The summed E-state index contributed by atoms with van der Waals surface area (Å²) in [5.41, 5.74) is 0. The Morgan fingerprint density at radius 1 is 1.48 bits per heavy atom. The molecule has 0 saturated heterocycles. The smallest absolute Gasteiger partial charge is 0.318 e. The number of aromatic nitrogens is 3. The molecule has 0 radical (unpaired) electrons. The number of nitrogens with zero attached hydrogens (tertiary/aromatic N) is 4. The minimum Gasteiger partial charge on any atom is -0.395 e. The van der Waals surface area contributed by atoms with Gasteiger partial charge < -0.3 is 15.3 Å². The molecule has 2 amide bonds. The molecule has 7 nitrogen and oxygen atoms in total. The average molecular weight is 293 g/mol. The highest BCUT2D eigenvalue weighted by Crippen LogP contribution is 2.28. The molecule has 116 valence electrons. The molecule has 1 aliphatic heterocycles. The molecule has 1 aromatic rings. The predicted molar refractivity (Wildman–Crippen MR) is 76.7 cm³/mol. The fraction of sp³-hybridized carbons (Fsp3) is 0.786. The first kappa shape index (κ1) is 14.3. The molecule has 0 aromatic carbocycles. The summed E-state index contributed by atoms with van der Waals surface area (Å²) in [4.78, 5) is 18.7. The molecular formula is C14H23N5O2. The maximum absolute atomic E-state index is 12.4. The lowest BCUT2D eigenvalue weighted by atomic mass is 10.1. The van der Waals surface area contributed by atoms with Gasteiger partial charge in [0.2, 0.25) is 0 Å². The van der Waals surface area contributed by atoms with Crippen LogP contribution >= 0.6 is 0 Å². The third-order valence-electron chi connectivity index (χ3n) is 4.12. The van der Waals surface area contributed by atoms with E-state index in [0.29, 0.717) is 12.6 Å². The summed E-state index contributed by atoms with van der Waals surface area (Å²) in [5.74, 6) is 1.70. The van der Waals surface area contributed by atoms with Crippen molar-refractivity contribution in [1.82, 2.24) is 25.0 Å². The number of carbonyl (C=O) groups is 1. The van der Waals surface area contributed by atoms with Crippen molar-refractivity contribution in [2.45, 2.75) is 57.7 Å². The molecule has 0 spiro atoms. The monoisotopic (exact) mass is 293 g/mol. The normalized spacial score (nSPS) is 21.0. The van der Waals surface area contributed by atoms with Gasteiger partial charge in [0.05, 0.1) is 12.6 Å². The van der Waals surface area contributed by atoms with E-state index in [9.17, 15) is 4.79 Å². The molecule has 21 heavy (non-hydrogen) atoms. The van der Waals surface area contributed by atoms with Gasteiger partial charge in [-0.2, -0.15) is 5.10 Å². The van der Waals surface area contributed by atoms with Crippen molar-refractivity contribution < 1.29 is 9.90 Å². The number of hydrogen-bond acceptors (Lipinski definition) is 4. The fourth-order valence-corrected chi connectivity index (χ4v) is 2.86. The number of hydrogen-bond donors (Lipinski definition) is 2. The number of aliphatic hydroxyl groups excluding tert-OH is 1. The van der Waals surface area contributed by atoms with E-state index in [1.165, 1.54) is 0 Å². The second kappa shape index (κ2) is 6.01. The van der Waals surface area contributed by atoms with E-state index in [-0.39, 0.29) is 18.7 Å². The van der Waals surface area contributed by atoms with Crippen LogP contribution in [0.1, 0.15) is 50.3 Å². The molecule has 2 aliphatic rings. The maximum Gasteiger partial charge on any atom is 0.318 e. The molecule has 1 aliphatic carbocycles. The van der Waals surface area contributed by atoms with Crippen molar-refractivity contribution in [1.29, 1.82) is 0 Å². The summed E-state index contributed by atoms with van der Waals surface area (Å²) >= 11 is 0. The van der Waals surface area contributed by atoms with Crippen molar-refractivity contribution in [3.8, 4) is 0 Å². The lowest BCUT2D eigenvalue weighted by molar-refractivity contribution is 0.168. The van der Waals surface area contributed by atoms with Crippen LogP contribution in [0.3, 0.4) is 0 Å². The number of fused-ring (bicyclic) bond motifs is 1. The third-order valence-corrected chi connectivity index (χ3v) is 4.12. The van der Waals surface area contributed by atoms with Gasteiger partial charge in [0.1, 0.15) is 5.82 Å². The first-order valence-corrected chi connectivity index (χ1v) is 7.84. The first-order chi connectivity index (χ1) is 10.2. The van der Waals surface area contributed by atoms with Crippen molar-refractivity contribution in [3.63, 3.8) is 0 Å².